The molecule has 0 aliphatic heterocycles. The van der Waals surface area contributed by atoms with E-state index >= 15 is 0 Å². The molecule has 0 fully saturated rings. The van der Waals surface area contributed by atoms with Crippen LogP contribution in [0, 0.1) is 11.8 Å². The van der Waals surface area contributed by atoms with E-state index in [0.717, 1.165) is 12.8 Å². The molecule has 0 saturated heterocycles. The highest BCUT2D eigenvalue weighted by Gasteiger charge is 2.18. The molecular weight excluding hydrogens is 328 g/mol. The highest BCUT2D eigenvalue weighted by Crippen LogP contribution is 2.06. The summed E-state index contributed by atoms with van der Waals surface area (Å²) in [4.78, 5) is 35.7. The zero-order valence-electron chi connectivity index (χ0n) is 12.7. The maximum atomic E-state index is 11.9. The van der Waals surface area contributed by atoms with Gasteiger partial charge in [-0.05, 0) is 34.7 Å². The molecular formula is C13H24N2O3S3. The molecule has 2 amide bonds. The number of Topliss-reactive ketones (excluding diaryl/α,β-unsaturated/α-hetero) is 1. The summed E-state index contributed by atoms with van der Waals surface area (Å²) in [5.74, 6) is -0.131. The largest absolute Gasteiger partial charge is 0.356 e. The van der Waals surface area contributed by atoms with Gasteiger partial charge >= 0.3 is 0 Å². The Morgan fingerprint density at radius 2 is 2.00 bits per heavy atom. The van der Waals surface area contributed by atoms with E-state index in [1.807, 2.05) is 6.92 Å². The zero-order chi connectivity index (χ0) is 16.4. The molecule has 0 aliphatic carbocycles. The van der Waals surface area contributed by atoms with Crippen LogP contribution in [0.15, 0.2) is 0 Å². The molecule has 2 atom stereocenters. The fourth-order valence-corrected chi connectivity index (χ4v) is 3.13. The van der Waals surface area contributed by atoms with E-state index in [2.05, 4.69) is 5.32 Å². The van der Waals surface area contributed by atoms with E-state index in [4.69, 9.17) is 22.4 Å². The first kappa shape index (κ1) is 20.4. The van der Waals surface area contributed by atoms with E-state index in [-0.39, 0.29) is 35.7 Å². The Labute approximate surface area is 137 Å². The monoisotopic (exact) mass is 352 g/mol. The standard InChI is InChI=1S/C13H24N2O3S3/c1-4-11(7-15(3)9-16)6-14-13(18)10(2)5-12(17)8-21(19)20/h9-11,21H,4-8H2,1-3H3,(H,14,18). The third-order valence-corrected chi connectivity index (χ3v) is 4.54. The molecule has 0 aliphatic rings. The molecule has 0 aromatic heterocycles. The van der Waals surface area contributed by atoms with Crippen molar-refractivity contribution in [3.63, 3.8) is 0 Å². The number of carbonyl (C=O) groups is 3. The highest BCUT2D eigenvalue weighted by molar-refractivity contribution is 8.46. The highest BCUT2D eigenvalue weighted by atomic mass is 33.1. The van der Waals surface area contributed by atoms with Gasteiger partial charge in [-0.1, -0.05) is 21.9 Å². The van der Waals surface area contributed by atoms with Gasteiger partial charge in [0, 0.05) is 32.5 Å². The minimum Gasteiger partial charge on any atom is -0.356 e. The number of amides is 2. The van der Waals surface area contributed by atoms with Crippen LogP contribution in [-0.4, -0.2) is 48.9 Å². The average Bonchev–Trinajstić information content (AvgIpc) is 2.41. The maximum absolute atomic E-state index is 11.9. The summed E-state index contributed by atoms with van der Waals surface area (Å²) < 4.78 is 0. The Balaban J connectivity index is 4.21. The fraction of sp³-hybridized carbons (Fsp3) is 0.769. The molecule has 1 N–H and O–H groups in total. The van der Waals surface area contributed by atoms with Crippen LogP contribution in [0.5, 0.6) is 0 Å². The molecule has 0 aromatic carbocycles. The Bertz CT molecular complexity index is 430. The molecule has 122 valence electrons. The smallest absolute Gasteiger partial charge is 0.223 e. The van der Waals surface area contributed by atoms with Crippen molar-refractivity contribution in [3.05, 3.63) is 0 Å². The molecule has 8 heteroatoms. The summed E-state index contributed by atoms with van der Waals surface area (Å²) in [6.45, 7) is 4.84. The quantitative estimate of drug-likeness (QED) is 0.407. The Morgan fingerprint density at radius 1 is 1.38 bits per heavy atom. The molecule has 0 rings (SSSR count). The van der Waals surface area contributed by atoms with Gasteiger partial charge in [0.25, 0.3) is 0 Å². The van der Waals surface area contributed by atoms with Gasteiger partial charge in [-0.15, -0.1) is 0 Å². The van der Waals surface area contributed by atoms with E-state index in [1.54, 1.807) is 18.9 Å². The van der Waals surface area contributed by atoms with Crippen molar-refractivity contribution in [2.24, 2.45) is 11.8 Å². The molecule has 0 aromatic rings. The number of ketones is 1. The van der Waals surface area contributed by atoms with Crippen LogP contribution in [0.1, 0.15) is 26.7 Å². The van der Waals surface area contributed by atoms with Gasteiger partial charge in [0.15, 0.2) is 0 Å². The molecule has 2 unspecified atom stereocenters. The minimum absolute atomic E-state index is 0.0403. The molecule has 0 bridgehead atoms. The van der Waals surface area contributed by atoms with Crippen molar-refractivity contribution < 1.29 is 14.4 Å². The SMILES string of the molecule is CCC(CNC(=O)C(C)CC(=O)C[SH](=S)=S)CN(C)C=O. The second-order valence-corrected chi connectivity index (χ2v) is 9.52. The number of rotatable bonds is 11. The maximum Gasteiger partial charge on any atom is 0.223 e. The van der Waals surface area contributed by atoms with Crippen molar-refractivity contribution in [3.8, 4) is 0 Å². The lowest BCUT2D eigenvalue weighted by Crippen LogP contribution is -2.37. The lowest BCUT2D eigenvalue weighted by Gasteiger charge is -2.21. The second kappa shape index (κ2) is 11.0. The van der Waals surface area contributed by atoms with Crippen molar-refractivity contribution in [2.75, 3.05) is 25.9 Å². The summed E-state index contributed by atoms with van der Waals surface area (Å²) in [6, 6.07) is 0. The number of hydrogen-bond acceptors (Lipinski definition) is 5. The third-order valence-electron chi connectivity index (χ3n) is 3.16. The second-order valence-electron chi connectivity index (χ2n) is 5.20. The number of thiol groups is 1. The van der Waals surface area contributed by atoms with Gasteiger partial charge in [0.1, 0.15) is 5.78 Å². The van der Waals surface area contributed by atoms with Crippen molar-refractivity contribution in [2.45, 2.75) is 26.7 Å². The molecule has 0 saturated carbocycles. The van der Waals surface area contributed by atoms with Gasteiger partial charge in [0.2, 0.25) is 12.3 Å². The summed E-state index contributed by atoms with van der Waals surface area (Å²) in [6.07, 6.45) is 1.82. The van der Waals surface area contributed by atoms with E-state index in [1.165, 1.54) is 0 Å². The first-order valence-electron chi connectivity index (χ1n) is 6.86. The van der Waals surface area contributed by atoms with Crippen molar-refractivity contribution in [1.82, 2.24) is 10.2 Å². The van der Waals surface area contributed by atoms with E-state index < -0.39 is 8.01 Å². The van der Waals surface area contributed by atoms with Crippen LogP contribution < -0.4 is 5.32 Å². The number of nitrogens with zero attached hydrogens (tertiary/aromatic N) is 1. The van der Waals surface area contributed by atoms with Gasteiger partial charge in [-0.3, -0.25) is 14.4 Å². The molecule has 0 radical (unpaired) electrons. The van der Waals surface area contributed by atoms with Gasteiger partial charge in [0.05, 0.1) is 5.75 Å². The van der Waals surface area contributed by atoms with Gasteiger partial charge in [-0.2, -0.15) is 0 Å². The number of hydrogen-bond donors (Lipinski definition) is 2. The van der Waals surface area contributed by atoms with Crippen LogP contribution >= 0.6 is 0 Å². The average molecular weight is 353 g/mol. The van der Waals surface area contributed by atoms with Gasteiger partial charge < -0.3 is 10.2 Å². The van der Waals surface area contributed by atoms with Crippen LogP contribution in [0.25, 0.3) is 0 Å². The summed E-state index contributed by atoms with van der Waals surface area (Å²) in [5, 5.41) is 2.84. The molecule has 0 heterocycles. The number of nitrogens with one attached hydrogen (secondary N) is 1. The lowest BCUT2D eigenvalue weighted by atomic mass is 10.0. The minimum atomic E-state index is -1.08. The predicted molar refractivity (Wildman–Crippen MR) is 92.6 cm³/mol. The van der Waals surface area contributed by atoms with Crippen LogP contribution in [0.4, 0.5) is 0 Å². The van der Waals surface area contributed by atoms with Gasteiger partial charge in [-0.25, -0.2) is 0 Å². The van der Waals surface area contributed by atoms with Crippen molar-refractivity contribution in [1.29, 1.82) is 0 Å². The predicted octanol–water partition coefficient (Wildman–Crippen LogP) is 0.0867. The Kier molecular flexibility index (Phi) is 10.7. The summed E-state index contributed by atoms with van der Waals surface area (Å²) in [7, 11) is 0.633. The van der Waals surface area contributed by atoms with Crippen molar-refractivity contribution >= 4 is 48.5 Å². The first-order chi connectivity index (χ1) is 9.79. The van der Waals surface area contributed by atoms with Crippen LogP contribution in [0.2, 0.25) is 0 Å². The topological polar surface area (TPSA) is 66.5 Å². The van der Waals surface area contributed by atoms with Crippen LogP contribution in [-0.2, 0) is 44.8 Å². The summed E-state index contributed by atoms with van der Waals surface area (Å²) in [5.41, 5.74) is 0. The Hall–Kier alpha value is -0.600. The molecule has 0 spiro atoms. The molecule has 5 nitrogen and oxygen atoms in total. The first-order valence-corrected chi connectivity index (χ1v) is 10.4. The lowest BCUT2D eigenvalue weighted by molar-refractivity contribution is -0.128. The fourth-order valence-electron chi connectivity index (χ4n) is 1.85. The zero-order valence-corrected chi connectivity index (χ0v) is 15.2. The normalized spacial score (nSPS) is 13.5. The summed E-state index contributed by atoms with van der Waals surface area (Å²) >= 11 is 9.70. The Morgan fingerprint density at radius 3 is 2.48 bits per heavy atom. The molecule has 21 heavy (non-hydrogen) atoms. The number of carbonyl (C=O) groups excluding carboxylic acids is 3. The van der Waals surface area contributed by atoms with E-state index in [9.17, 15) is 14.4 Å². The third kappa shape index (κ3) is 9.87. The van der Waals surface area contributed by atoms with Crippen LogP contribution in [0.3, 0.4) is 0 Å². The van der Waals surface area contributed by atoms with E-state index in [0.29, 0.717) is 13.1 Å².